The van der Waals surface area contributed by atoms with Crippen LogP contribution in [-0.2, 0) is 22.5 Å². The van der Waals surface area contributed by atoms with E-state index in [9.17, 15) is 9.59 Å². The van der Waals surface area contributed by atoms with E-state index in [0.29, 0.717) is 18.0 Å². The van der Waals surface area contributed by atoms with Gasteiger partial charge in [-0.3, -0.25) is 9.69 Å². The molecule has 0 saturated heterocycles. The predicted molar refractivity (Wildman–Crippen MR) is 113 cm³/mol. The average Bonchev–Trinajstić information content (AvgIpc) is 2.66. The van der Waals surface area contributed by atoms with Gasteiger partial charge >= 0.3 is 6.09 Å². The fourth-order valence-electron chi connectivity index (χ4n) is 3.08. The van der Waals surface area contributed by atoms with Crippen LogP contribution in [-0.4, -0.2) is 33.4 Å². The van der Waals surface area contributed by atoms with E-state index in [-0.39, 0.29) is 5.91 Å². The molecule has 1 atom stereocenters. The van der Waals surface area contributed by atoms with E-state index in [4.69, 9.17) is 16.3 Å². The molecule has 1 aliphatic rings. The molecule has 152 valence electrons. The zero-order chi connectivity index (χ0) is 21.0. The average molecular weight is 413 g/mol. The minimum absolute atomic E-state index is 0.155. The molecule has 29 heavy (non-hydrogen) atoms. The third-order valence-corrected chi connectivity index (χ3v) is 4.71. The van der Waals surface area contributed by atoms with Gasteiger partial charge in [-0.2, -0.15) is 0 Å². The Morgan fingerprint density at radius 3 is 2.28 bits per heavy atom. The SMILES string of the molecule is CC(C)(C)OC(=O)N1C=CN(Cc2ccc(Cl)cc2)C(=O)[C@@H]1Cc1ccccc1. The molecular formula is C23H25ClN2O3. The molecule has 0 aromatic heterocycles. The first kappa shape index (κ1) is 20.9. The van der Waals surface area contributed by atoms with E-state index in [1.807, 2.05) is 42.5 Å². The van der Waals surface area contributed by atoms with Crippen LogP contribution in [0.2, 0.25) is 5.02 Å². The molecule has 2 amide bonds. The Balaban J connectivity index is 1.85. The fourth-order valence-corrected chi connectivity index (χ4v) is 3.21. The summed E-state index contributed by atoms with van der Waals surface area (Å²) in [4.78, 5) is 29.0. The molecule has 0 bridgehead atoms. The first-order valence-corrected chi connectivity index (χ1v) is 9.89. The summed E-state index contributed by atoms with van der Waals surface area (Å²) in [7, 11) is 0. The van der Waals surface area contributed by atoms with Crippen LogP contribution in [0.25, 0.3) is 0 Å². The van der Waals surface area contributed by atoms with Crippen LogP contribution in [0, 0.1) is 0 Å². The Kier molecular flexibility index (Phi) is 6.28. The number of rotatable bonds is 4. The molecule has 0 radical (unpaired) electrons. The Bertz CT molecular complexity index is 889. The summed E-state index contributed by atoms with van der Waals surface area (Å²) in [6, 6.07) is 16.3. The van der Waals surface area contributed by atoms with Crippen molar-refractivity contribution in [1.29, 1.82) is 0 Å². The Morgan fingerprint density at radius 1 is 1.00 bits per heavy atom. The van der Waals surface area contributed by atoms with E-state index in [0.717, 1.165) is 11.1 Å². The number of halogens is 1. The standard InChI is InChI=1S/C23H25ClN2O3/c1-23(2,3)29-22(28)26-14-13-25(16-18-9-11-19(24)12-10-18)21(27)20(26)15-17-7-5-4-6-8-17/h4-14,20H,15-16H2,1-3H3/t20-/m0/s1. The fraction of sp³-hybridized carbons (Fsp3) is 0.304. The molecule has 0 fully saturated rings. The molecule has 2 aromatic carbocycles. The summed E-state index contributed by atoms with van der Waals surface area (Å²) in [5, 5.41) is 0.646. The van der Waals surface area contributed by atoms with Crippen molar-refractivity contribution in [2.24, 2.45) is 0 Å². The molecule has 0 N–H and O–H groups in total. The van der Waals surface area contributed by atoms with Crippen molar-refractivity contribution in [3.8, 4) is 0 Å². The Hall–Kier alpha value is -2.79. The van der Waals surface area contributed by atoms with Gasteiger partial charge in [0.1, 0.15) is 11.6 Å². The van der Waals surface area contributed by atoms with Gasteiger partial charge in [-0.05, 0) is 44.0 Å². The zero-order valence-corrected chi connectivity index (χ0v) is 17.6. The van der Waals surface area contributed by atoms with Crippen LogP contribution in [0.5, 0.6) is 0 Å². The summed E-state index contributed by atoms with van der Waals surface area (Å²) in [5.41, 5.74) is 1.28. The predicted octanol–water partition coefficient (Wildman–Crippen LogP) is 5.00. The van der Waals surface area contributed by atoms with Crippen LogP contribution in [0.1, 0.15) is 31.9 Å². The van der Waals surface area contributed by atoms with Gasteiger partial charge in [0.05, 0.1) is 6.54 Å². The highest BCUT2D eigenvalue weighted by Crippen LogP contribution is 2.22. The van der Waals surface area contributed by atoms with E-state index < -0.39 is 17.7 Å². The largest absolute Gasteiger partial charge is 0.443 e. The Morgan fingerprint density at radius 2 is 1.66 bits per heavy atom. The lowest BCUT2D eigenvalue weighted by molar-refractivity contribution is -0.135. The molecule has 0 aliphatic carbocycles. The number of hydrogen-bond donors (Lipinski definition) is 0. The van der Waals surface area contributed by atoms with Crippen LogP contribution in [0.3, 0.4) is 0 Å². The third kappa shape index (κ3) is 5.61. The molecule has 0 saturated carbocycles. The third-order valence-electron chi connectivity index (χ3n) is 4.45. The second-order valence-electron chi connectivity index (χ2n) is 7.98. The van der Waals surface area contributed by atoms with Gasteiger partial charge in [0.25, 0.3) is 5.91 Å². The molecule has 0 spiro atoms. The van der Waals surface area contributed by atoms with E-state index in [1.54, 1.807) is 50.2 Å². The van der Waals surface area contributed by atoms with Crippen molar-refractivity contribution in [2.75, 3.05) is 0 Å². The van der Waals surface area contributed by atoms with Crippen LogP contribution in [0.4, 0.5) is 4.79 Å². The lowest BCUT2D eigenvalue weighted by Crippen LogP contribution is -2.52. The number of hydrogen-bond acceptors (Lipinski definition) is 3. The van der Waals surface area contributed by atoms with E-state index in [1.165, 1.54) is 4.90 Å². The maximum Gasteiger partial charge on any atom is 0.415 e. The first-order valence-electron chi connectivity index (χ1n) is 9.51. The molecular weight excluding hydrogens is 388 g/mol. The van der Waals surface area contributed by atoms with Gasteiger partial charge in [0.2, 0.25) is 0 Å². The summed E-state index contributed by atoms with van der Waals surface area (Å²) in [6.07, 6.45) is 3.12. The van der Waals surface area contributed by atoms with Crippen LogP contribution < -0.4 is 0 Å². The molecule has 3 rings (SSSR count). The number of ether oxygens (including phenoxy) is 1. The summed E-state index contributed by atoms with van der Waals surface area (Å²) in [5.74, 6) is -0.155. The smallest absolute Gasteiger partial charge is 0.415 e. The molecule has 0 unspecified atom stereocenters. The van der Waals surface area contributed by atoms with Crippen molar-refractivity contribution >= 4 is 23.6 Å². The van der Waals surface area contributed by atoms with Crippen molar-refractivity contribution < 1.29 is 14.3 Å². The lowest BCUT2D eigenvalue weighted by atomic mass is 10.0. The molecule has 1 heterocycles. The van der Waals surface area contributed by atoms with E-state index in [2.05, 4.69) is 0 Å². The number of benzene rings is 2. The van der Waals surface area contributed by atoms with Gasteiger partial charge in [-0.25, -0.2) is 4.79 Å². The maximum atomic E-state index is 13.3. The topological polar surface area (TPSA) is 49.9 Å². The van der Waals surface area contributed by atoms with Gasteiger partial charge in [0.15, 0.2) is 0 Å². The highest BCUT2D eigenvalue weighted by Gasteiger charge is 2.36. The number of nitrogens with zero attached hydrogens (tertiary/aromatic N) is 2. The second-order valence-corrected chi connectivity index (χ2v) is 8.42. The van der Waals surface area contributed by atoms with Crippen molar-refractivity contribution in [2.45, 2.75) is 45.4 Å². The van der Waals surface area contributed by atoms with E-state index >= 15 is 0 Å². The highest BCUT2D eigenvalue weighted by molar-refractivity contribution is 6.30. The maximum absolute atomic E-state index is 13.3. The first-order chi connectivity index (χ1) is 13.7. The van der Waals surface area contributed by atoms with Crippen molar-refractivity contribution in [1.82, 2.24) is 9.80 Å². The summed E-state index contributed by atoms with van der Waals surface area (Å²) < 4.78 is 5.51. The number of carbonyl (C=O) groups is 2. The van der Waals surface area contributed by atoms with Crippen molar-refractivity contribution in [3.05, 3.63) is 83.1 Å². The minimum Gasteiger partial charge on any atom is -0.443 e. The molecule has 2 aromatic rings. The Labute approximate surface area is 176 Å². The zero-order valence-electron chi connectivity index (χ0n) is 16.8. The number of amides is 2. The number of carbonyl (C=O) groups excluding carboxylic acids is 2. The second kappa shape index (κ2) is 8.70. The molecule has 6 heteroatoms. The van der Waals surface area contributed by atoms with Gasteiger partial charge < -0.3 is 9.64 Å². The van der Waals surface area contributed by atoms with Crippen molar-refractivity contribution in [3.63, 3.8) is 0 Å². The molecule has 5 nitrogen and oxygen atoms in total. The van der Waals surface area contributed by atoms with Gasteiger partial charge in [0, 0.05) is 23.8 Å². The monoisotopic (exact) mass is 412 g/mol. The molecule has 1 aliphatic heterocycles. The van der Waals surface area contributed by atoms with Crippen LogP contribution >= 0.6 is 11.6 Å². The summed E-state index contributed by atoms with van der Waals surface area (Å²) >= 11 is 5.95. The quantitative estimate of drug-likeness (QED) is 0.709. The highest BCUT2D eigenvalue weighted by atomic mass is 35.5. The van der Waals surface area contributed by atoms with Gasteiger partial charge in [-0.15, -0.1) is 0 Å². The van der Waals surface area contributed by atoms with Crippen LogP contribution in [0.15, 0.2) is 67.0 Å². The minimum atomic E-state index is -0.676. The summed E-state index contributed by atoms with van der Waals surface area (Å²) in [6.45, 7) is 5.82. The van der Waals surface area contributed by atoms with Gasteiger partial charge in [-0.1, -0.05) is 54.1 Å². The normalized spacial score (nSPS) is 16.8. The lowest BCUT2D eigenvalue weighted by Gasteiger charge is -2.36.